The largest absolute Gasteiger partial charge is 0.351 e. The molecule has 0 aliphatic heterocycles. The summed E-state index contributed by atoms with van der Waals surface area (Å²) in [6, 6.07) is 0. The molecule has 0 saturated carbocycles. The van der Waals surface area contributed by atoms with Gasteiger partial charge in [0.15, 0.2) is 5.13 Å². The quantitative estimate of drug-likeness (QED) is 0.351. The highest BCUT2D eigenvalue weighted by atomic mass is 32.1. The fourth-order valence-corrected chi connectivity index (χ4v) is 2.88. The van der Waals surface area contributed by atoms with Gasteiger partial charge in [-0.05, 0) is 32.7 Å². The molecule has 2 heterocycles. The maximum Gasteiger partial charge on any atom is 0.252 e. The number of H-pyrrole nitrogens is 1. The number of nitrogens with one attached hydrogen (secondary N) is 3. The van der Waals surface area contributed by atoms with Gasteiger partial charge in [-0.1, -0.05) is 17.9 Å². The number of hydrogen-bond donors (Lipinski definition) is 3. The van der Waals surface area contributed by atoms with E-state index < -0.39 is 0 Å². The second-order valence-electron chi connectivity index (χ2n) is 5.84. The van der Waals surface area contributed by atoms with Gasteiger partial charge in [0, 0.05) is 30.5 Å². The molecule has 3 N–H and O–H groups in total. The molecule has 0 unspecified atom stereocenters. The van der Waals surface area contributed by atoms with Crippen molar-refractivity contribution in [3.05, 3.63) is 41.2 Å². The molecule has 0 saturated heterocycles. The van der Waals surface area contributed by atoms with E-state index in [0.717, 1.165) is 17.1 Å². The van der Waals surface area contributed by atoms with Crippen LogP contribution >= 0.6 is 11.3 Å². The van der Waals surface area contributed by atoms with Gasteiger partial charge in [-0.2, -0.15) is 5.10 Å². The number of aromatic nitrogens is 3. The zero-order valence-electron chi connectivity index (χ0n) is 15.0. The van der Waals surface area contributed by atoms with Gasteiger partial charge in [-0.25, -0.2) is 4.98 Å². The Morgan fingerprint density at radius 3 is 2.81 bits per heavy atom. The fourth-order valence-electron chi connectivity index (χ4n) is 2.16. The van der Waals surface area contributed by atoms with Crippen molar-refractivity contribution in [2.75, 3.05) is 32.5 Å². The van der Waals surface area contributed by atoms with E-state index in [9.17, 15) is 9.59 Å². The summed E-state index contributed by atoms with van der Waals surface area (Å²) in [5, 5.41) is 12.7. The van der Waals surface area contributed by atoms with Gasteiger partial charge < -0.3 is 15.5 Å². The summed E-state index contributed by atoms with van der Waals surface area (Å²) in [6.07, 6.45) is 5.51. The summed E-state index contributed by atoms with van der Waals surface area (Å²) in [5.41, 5.74) is 2.60. The molecule has 26 heavy (non-hydrogen) atoms. The van der Waals surface area contributed by atoms with E-state index in [4.69, 9.17) is 0 Å². The highest BCUT2D eigenvalue weighted by molar-refractivity contribution is 7.16. The van der Waals surface area contributed by atoms with E-state index in [1.807, 2.05) is 25.9 Å². The smallest absolute Gasteiger partial charge is 0.252 e. The van der Waals surface area contributed by atoms with Crippen LogP contribution in [0.15, 0.2) is 25.0 Å². The molecule has 138 valence electrons. The van der Waals surface area contributed by atoms with Crippen LogP contribution < -0.4 is 10.6 Å². The van der Waals surface area contributed by atoms with Crippen molar-refractivity contribution in [2.45, 2.75) is 6.92 Å². The molecule has 2 aromatic rings. The Hall–Kier alpha value is -2.78. The van der Waals surface area contributed by atoms with Crippen LogP contribution in [0.4, 0.5) is 5.13 Å². The monoisotopic (exact) mass is 374 g/mol. The SMILES string of the molecule is C=C(/C=C(/C(=O)NCCN(C)C)c1cn[nH]c1C)c1cnc(NC=O)s1. The Bertz CT molecular complexity index is 821. The molecule has 2 amide bonds. The maximum absolute atomic E-state index is 12.7. The number of carbonyl (C=O) groups excluding carboxylic acids is 2. The minimum absolute atomic E-state index is 0.201. The van der Waals surface area contributed by atoms with Crippen molar-refractivity contribution in [3.63, 3.8) is 0 Å². The van der Waals surface area contributed by atoms with Gasteiger partial charge >= 0.3 is 0 Å². The summed E-state index contributed by atoms with van der Waals surface area (Å²) >= 11 is 1.28. The Balaban J connectivity index is 2.26. The van der Waals surface area contributed by atoms with Crippen LogP contribution in [0, 0.1) is 6.92 Å². The number of carbonyl (C=O) groups is 2. The highest BCUT2D eigenvalue weighted by Gasteiger charge is 2.17. The van der Waals surface area contributed by atoms with Gasteiger partial charge in [0.1, 0.15) is 0 Å². The first-order valence-corrected chi connectivity index (χ1v) is 8.74. The van der Waals surface area contributed by atoms with E-state index >= 15 is 0 Å². The van der Waals surface area contributed by atoms with Crippen molar-refractivity contribution in [2.24, 2.45) is 0 Å². The predicted molar refractivity (Wildman–Crippen MR) is 104 cm³/mol. The van der Waals surface area contributed by atoms with Crippen LogP contribution in [0.3, 0.4) is 0 Å². The lowest BCUT2D eigenvalue weighted by Gasteiger charge is -2.12. The molecular weight excluding hydrogens is 352 g/mol. The molecule has 0 fully saturated rings. The van der Waals surface area contributed by atoms with Crippen molar-refractivity contribution in [3.8, 4) is 0 Å². The van der Waals surface area contributed by atoms with E-state index in [1.54, 1.807) is 18.5 Å². The first kappa shape index (κ1) is 19.5. The number of anilines is 1. The van der Waals surface area contributed by atoms with E-state index in [1.165, 1.54) is 11.3 Å². The minimum atomic E-state index is -0.201. The van der Waals surface area contributed by atoms with Crippen LogP contribution in [0.25, 0.3) is 11.1 Å². The van der Waals surface area contributed by atoms with Crippen molar-refractivity contribution in [1.82, 2.24) is 25.4 Å². The molecule has 0 aliphatic rings. The number of aryl methyl sites for hydroxylation is 1. The van der Waals surface area contributed by atoms with Gasteiger partial charge in [-0.15, -0.1) is 0 Å². The summed E-state index contributed by atoms with van der Waals surface area (Å²) in [4.78, 5) is 30.1. The van der Waals surface area contributed by atoms with Crippen LogP contribution in [0.1, 0.15) is 16.1 Å². The van der Waals surface area contributed by atoms with E-state index in [-0.39, 0.29) is 5.91 Å². The third-order valence-corrected chi connectivity index (χ3v) is 4.54. The maximum atomic E-state index is 12.7. The Kier molecular flexibility index (Phi) is 6.81. The number of likely N-dealkylation sites (N-methyl/N-ethyl adjacent to an activating group) is 1. The second kappa shape index (κ2) is 9.07. The zero-order valence-corrected chi connectivity index (χ0v) is 15.8. The van der Waals surface area contributed by atoms with Crippen LogP contribution in [0.2, 0.25) is 0 Å². The molecule has 0 aliphatic carbocycles. The zero-order chi connectivity index (χ0) is 19.1. The first-order chi connectivity index (χ1) is 12.4. The van der Waals surface area contributed by atoms with Crippen LogP contribution in [-0.4, -0.2) is 59.6 Å². The summed E-state index contributed by atoms with van der Waals surface area (Å²) in [7, 11) is 3.89. The van der Waals surface area contributed by atoms with E-state index in [0.29, 0.717) is 34.8 Å². The van der Waals surface area contributed by atoms with Crippen LogP contribution in [-0.2, 0) is 9.59 Å². The summed E-state index contributed by atoms with van der Waals surface area (Å²) in [6.45, 7) is 7.14. The topological polar surface area (TPSA) is 103 Å². The molecule has 2 aromatic heterocycles. The molecule has 8 nitrogen and oxygen atoms in total. The van der Waals surface area contributed by atoms with Crippen molar-refractivity contribution >= 4 is 39.9 Å². The number of amides is 2. The fraction of sp³-hybridized carbons (Fsp3) is 0.294. The van der Waals surface area contributed by atoms with Crippen LogP contribution in [0.5, 0.6) is 0 Å². The normalized spacial score (nSPS) is 11.5. The van der Waals surface area contributed by atoms with Gasteiger partial charge in [0.2, 0.25) is 6.41 Å². The third kappa shape index (κ3) is 5.11. The Morgan fingerprint density at radius 2 is 2.19 bits per heavy atom. The molecule has 0 radical (unpaired) electrons. The van der Waals surface area contributed by atoms with Crippen molar-refractivity contribution in [1.29, 1.82) is 0 Å². The predicted octanol–water partition coefficient (Wildman–Crippen LogP) is 1.52. The first-order valence-electron chi connectivity index (χ1n) is 7.92. The second-order valence-corrected chi connectivity index (χ2v) is 6.87. The molecule has 0 bridgehead atoms. The van der Waals surface area contributed by atoms with Crippen molar-refractivity contribution < 1.29 is 9.59 Å². The number of thiazole rings is 1. The van der Waals surface area contributed by atoms with Gasteiger partial charge in [-0.3, -0.25) is 14.7 Å². The molecule has 0 aromatic carbocycles. The molecule has 0 atom stereocenters. The number of allylic oxidation sites excluding steroid dienone is 2. The molecule has 2 rings (SSSR count). The molecule has 0 spiro atoms. The number of hydrogen-bond acceptors (Lipinski definition) is 6. The van der Waals surface area contributed by atoms with Gasteiger partial charge in [0.05, 0.1) is 16.6 Å². The lowest BCUT2D eigenvalue weighted by molar-refractivity contribution is -0.115. The highest BCUT2D eigenvalue weighted by Crippen LogP contribution is 2.28. The lowest BCUT2D eigenvalue weighted by Crippen LogP contribution is -2.32. The Labute approximate surface area is 156 Å². The van der Waals surface area contributed by atoms with Gasteiger partial charge in [0.25, 0.3) is 5.91 Å². The number of rotatable bonds is 9. The standard InChI is InChI=1S/C17H22N6O2S/c1-11(15-9-19-17(26-15)20-10-24)7-13(14-8-21-22-12(14)2)16(25)18-5-6-23(3)4/h7-10H,1,5-6H2,2-4H3,(H,18,25)(H,21,22)(H,19,20,24)/b13-7+. The summed E-state index contributed by atoms with van der Waals surface area (Å²) < 4.78 is 0. The number of nitrogens with zero attached hydrogens (tertiary/aromatic N) is 3. The molecule has 9 heteroatoms. The summed E-state index contributed by atoms with van der Waals surface area (Å²) in [5.74, 6) is -0.201. The number of aromatic amines is 1. The Morgan fingerprint density at radius 1 is 1.42 bits per heavy atom. The van der Waals surface area contributed by atoms with E-state index in [2.05, 4.69) is 32.4 Å². The lowest BCUT2D eigenvalue weighted by atomic mass is 10.0. The average Bonchev–Trinajstić information content (AvgIpc) is 3.21. The minimum Gasteiger partial charge on any atom is -0.351 e. The molecular formula is C17H22N6O2S. The average molecular weight is 374 g/mol. The third-order valence-electron chi connectivity index (χ3n) is 3.53.